The third kappa shape index (κ3) is 9.18. The topological polar surface area (TPSA) is 131 Å². The van der Waals surface area contributed by atoms with Crippen LogP contribution >= 0.6 is 0 Å². The SMILES string of the molecule is CCO[Si](CCCn1c(=O)n(COCCOC)c(=O)n(COCCOC)c1=O)(OCC)OCC. The van der Waals surface area contributed by atoms with E-state index in [1.807, 2.05) is 20.8 Å². The molecule has 1 rings (SSSR count). The second-order valence-corrected chi connectivity index (χ2v) is 9.73. The molecule has 0 aliphatic rings. The first-order valence-corrected chi connectivity index (χ1v) is 13.3. The van der Waals surface area contributed by atoms with Crippen molar-refractivity contribution in [3.63, 3.8) is 0 Å². The van der Waals surface area contributed by atoms with Crippen LogP contribution in [-0.4, -0.2) is 83.0 Å². The predicted octanol–water partition coefficient (Wildman–Crippen LogP) is -0.149. The molecule has 0 aromatic carbocycles. The Hall–Kier alpha value is -1.65. The number of ether oxygens (including phenoxy) is 4. The molecule has 0 aliphatic carbocycles. The second-order valence-electron chi connectivity index (χ2n) is 7.00. The van der Waals surface area contributed by atoms with Crippen LogP contribution in [0.3, 0.4) is 0 Å². The lowest BCUT2D eigenvalue weighted by Crippen LogP contribution is -2.55. The number of aromatic nitrogens is 3. The van der Waals surface area contributed by atoms with Gasteiger partial charge in [-0.25, -0.2) is 28.1 Å². The summed E-state index contributed by atoms with van der Waals surface area (Å²) < 4.78 is 40.8. The van der Waals surface area contributed by atoms with E-state index in [-0.39, 0.29) is 33.2 Å². The lowest BCUT2D eigenvalue weighted by Gasteiger charge is -2.28. The van der Waals surface area contributed by atoms with E-state index in [2.05, 4.69) is 0 Å². The molecule has 0 unspecified atom stereocenters. The van der Waals surface area contributed by atoms with E-state index in [1.165, 1.54) is 14.2 Å². The molecule has 0 saturated carbocycles. The van der Waals surface area contributed by atoms with Gasteiger partial charge in [-0.15, -0.1) is 0 Å². The summed E-state index contributed by atoms with van der Waals surface area (Å²) in [5.74, 6) is 0. The van der Waals surface area contributed by atoms with Gasteiger partial charge < -0.3 is 32.2 Å². The van der Waals surface area contributed by atoms with Gasteiger partial charge in [0.25, 0.3) is 0 Å². The maximum atomic E-state index is 13.0. The Morgan fingerprint density at radius 2 is 1.06 bits per heavy atom. The van der Waals surface area contributed by atoms with Crippen LogP contribution in [0.5, 0.6) is 0 Å². The van der Waals surface area contributed by atoms with Crippen LogP contribution in [0.2, 0.25) is 6.04 Å². The van der Waals surface area contributed by atoms with E-state index < -0.39 is 25.9 Å². The molecule has 0 bridgehead atoms. The highest BCUT2D eigenvalue weighted by Gasteiger charge is 2.39. The molecular formula is C20H39N3O10Si. The number of methoxy groups -OCH3 is 2. The summed E-state index contributed by atoms with van der Waals surface area (Å²) >= 11 is 0. The quantitative estimate of drug-likeness (QED) is 0.173. The lowest BCUT2D eigenvalue weighted by atomic mass is 10.5. The summed E-state index contributed by atoms with van der Waals surface area (Å²) in [5.41, 5.74) is -2.35. The second kappa shape index (κ2) is 16.9. The Morgan fingerprint density at radius 3 is 1.44 bits per heavy atom. The zero-order valence-corrected chi connectivity index (χ0v) is 21.9. The van der Waals surface area contributed by atoms with Crippen LogP contribution in [0.4, 0.5) is 0 Å². The van der Waals surface area contributed by atoms with Crippen molar-refractivity contribution in [3.05, 3.63) is 31.5 Å². The maximum Gasteiger partial charge on any atom is 0.500 e. The molecule has 14 heteroatoms. The molecule has 0 fully saturated rings. The predicted molar refractivity (Wildman–Crippen MR) is 125 cm³/mol. The Balaban J connectivity index is 3.20. The Morgan fingerprint density at radius 1 is 0.647 bits per heavy atom. The smallest absolute Gasteiger partial charge is 0.382 e. The van der Waals surface area contributed by atoms with Crippen LogP contribution in [-0.2, 0) is 52.2 Å². The highest BCUT2D eigenvalue weighted by molar-refractivity contribution is 6.60. The average molecular weight is 510 g/mol. The summed E-state index contributed by atoms with van der Waals surface area (Å²) in [6.45, 7) is 7.14. The molecule has 0 radical (unpaired) electrons. The fraction of sp³-hybridized carbons (Fsp3) is 0.850. The first kappa shape index (κ1) is 30.4. The molecule has 0 atom stereocenters. The van der Waals surface area contributed by atoms with Gasteiger partial charge in [0.15, 0.2) is 0 Å². The van der Waals surface area contributed by atoms with Gasteiger partial charge in [-0.3, -0.25) is 0 Å². The molecule has 1 aromatic heterocycles. The molecular weight excluding hydrogens is 470 g/mol. The van der Waals surface area contributed by atoms with Gasteiger partial charge in [0.05, 0.1) is 26.4 Å². The molecule has 0 spiro atoms. The molecule has 13 nitrogen and oxygen atoms in total. The van der Waals surface area contributed by atoms with E-state index in [0.717, 1.165) is 13.7 Å². The van der Waals surface area contributed by atoms with E-state index in [9.17, 15) is 14.4 Å². The van der Waals surface area contributed by atoms with Crippen LogP contribution in [0.15, 0.2) is 14.4 Å². The Kier molecular flexibility index (Phi) is 15.1. The number of hydrogen-bond donors (Lipinski definition) is 0. The third-order valence-corrected chi connectivity index (χ3v) is 7.80. The fourth-order valence-corrected chi connectivity index (χ4v) is 5.74. The largest absolute Gasteiger partial charge is 0.500 e. The summed E-state index contributed by atoms with van der Waals surface area (Å²) in [6, 6.07) is 0.405. The lowest BCUT2D eigenvalue weighted by molar-refractivity contribution is 0.0162. The van der Waals surface area contributed by atoms with Crippen LogP contribution in [0.1, 0.15) is 27.2 Å². The first-order valence-electron chi connectivity index (χ1n) is 11.4. The molecule has 0 saturated heterocycles. The number of hydrogen-bond acceptors (Lipinski definition) is 10. The monoisotopic (exact) mass is 509 g/mol. The fourth-order valence-electron chi connectivity index (χ4n) is 3.15. The zero-order valence-electron chi connectivity index (χ0n) is 20.9. The average Bonchev–Trinajstić information content (AvgIpc) is 2.81. The van der Waals surface area contributed by atoms with Gasteiger partial charge in [0.1, 0.15) is 13.5 Å². The molecule has 0 aliphatic heterocycles. The maximum absolute atomic E-state index is 13.0. The van der Waals surface area contributed by atoms with Crippen molar-refractivity contribution >= 4 is 8.80 Å². The van der Waals surface area contributed by atoms with Crippen molar-refractivity contribution in [1.82, 2.24) is 13.7 Å². The molecule has 198 valence electrons. The van der Waals surface area contributed by atoms with E-state index >= 15 is 0 Å². The molecule has 0 amide bonds. The van der Waals surface area contributed by atoms with Gasteiger partial charge in [-0.2, -0.15) is 0 Å². The van der Waals surface area contributed by atoms with Crippen molar-refractivity contribution in [2.24, 2.45) is 0 Å². The van der Waals surface area contributed by atoms with Gasteiger partial charge in [-0.1, -0.05) is 0 Å². The Labute approximate surface area is 200 Å². The highest BCUT2D eigenvalue weighted by Crippen LogP contribution is 2.18. The summed E-state index contributed by atoms with van der Waals surface area (Å²) in [7, 11) is 0.0677. The van der Waals surface area contributed by atoms with Crippen molar-refractivity contribution < 1.29 is 32.2 Å². The number of nitrogens with zero attached hydrogens (tertiary/aromatic N) is 3. The molecule has 1 aromatic rings. The van der Waals surface area contributed by atoms with Crippen LogP contribution < -0.4 is 17.1 Å². The van der Waals surface area contributed by atoms with Crippen LogP contribution in [0.25, 0.3) is 0 Å². The minimum atomic E-state index is -2.95. The van der Waals surface area contributed by atoms with Crippen molar-refractivity contribution in [2.75, 3.05) is 60.5 Å². The minimum Gasteiger partial charge on any atom is -0.382 e. The Bertz CT molecular complexity index is 802. The minimum absolute atomic E-state index is 0.0378. The van der Waals surface area contributed by atoms with Crippen molar-refractivity contribution in [1.29, 1.82) is 0 Å². The van der Waals surface area contributed by atoms with Gasteiger partial charge in [-0.05, 0) is 27.2 Å². The molecule has 34 heavy (non-hydrogen) atoms. The van der Waals surface area contributed by atoms with Gasteiger partial charge >= 0.3 is 25.9 Å². The summed E-state index contributed by atoms with van der Waals surface area (Å²) in [5, 5.41) is 0. The van der Waals surface area contributed by atoms with Gasteiger partial charge in [0, 0.05) is 46.6 Å². The van der Waals surface area contributed by atoms with Crippen LogP contribution in [0, 0.1) is 0 Å². The number of rotatable bonds is 20. The van der Waals surface area contributed by atoms with E-state index in [1.54, 1.807) is 0 Å². The summed E-state index contributed by atoms with van der Waals surface area (Å²) in [6.07, 6.45) is 0.370. The zero-order chi connectivity index (χ0) is 25.4. The van der Waals surface area contributed by atoms with Crippen molar-refractivity contribution in [3.8, 4) is 0 Å². The summed E-state index contributed by atoms with van der Waals surface area (Å²) in [4.78, 5) is 38.8. The highest BCUT2D eigenvalue weighted by atomic mass is 28.4. The van der Waals surface area contributed by atoms with Gasteiger partial charge in [0.2, 0.25) is 0 Å². The normalized spacial score (nSPS) is 11.9. The molecule has 1 heterocycles. The third-order valence-electron chi connectivity index (χ3n) is 4.65. The van der Waals surface area contributed by atoms with E-state index in [4.69, 9.17) is 32.2 Å². The standard InChI is InChI=1S/C20H39N3O10Si/c1-6-31-34(32-7-2,33-8-3)15-9-10-21-18(24)22(16-29-13-11-27-4)20(26)23(19(21)25)17-30-14-12-28-5/h6-17H2,1-5H3. The van der Waals surface area contributed by atoms with Crippen molar-refractivity contribution in [2.45, 2.75) is 53.2 Å². The molecule has 0 N–H and O–H groups in total. The first-order chi connectivity index (χ1) is 16.4. The van der Waals surface area contributed by atoms with E-state index in [0.29, 0.717) is 45.5 Å².